The van der Waals surface area contributed by atoms with Gasteiger partial charge in [0.05, 0.1) is 25.0 Å². The van der Waals surface area contributed by atoms with Gasteiger partial charge in [-0.1, -0.05) is 30.3 Å². The van der Waals surface area contributed by atoms with Crippen LogP contribution in [0.5, 0.6) is 0 Å². The Hall–Kier alpha value is -1.66. The molecule has 0 bridgehead atoms. The lowest BCUT2D eigenvalue weighted by Gasteiger charge is -2.10. The van der Waals surface area contributed by atoms with Gasteiger partial charge >= 0.3 is 0 Å². The number of hydrogen-bond donors (Lipinski definition) is 1. The molecule has 0 saturated heterocycles. The molecule has 2 aromatic rings. The van der Waals surface area contributed by atoms with Crippen LogP contribution in [0.15, 0.2) is 45.8 Å². The molecule has 0 aliphatic heterocycles. The van der Waals surface area contributed by atoms with Crippen molar-refractivity contribution in [3.05, 3.63) is 56.9 Å². The van der Waals surface area contributed by atoms with Crippen LogP contribution >= 0.6 is 15.9 Å². The van der Waals surface area contributed by atoms with Crippen LogP contribution in [0.4, 0.5) is 5.69 Å². The summed E-state index contributed by atoms with van der Waals surface area (Å²) in [5, 5.41) is 7.32. The fourth-order valence-corrected chi connectivity index (χ4v) is 2.17. The van der Waals surface area contributed by atoms with Crippen LogP contribution in [-0.4, -0.2) is 23.5 Å². The van der Waals surface area contributed by atoms with Crippen LogP contribution < -0.4 is 10.9 Å². The number of aromatic nitrogens is 2. The summed E-state index contributed by atoms with van der Waals surface area (Å²) in [6.45, 7) is 1.53. The van der Waals surface area contributed by atoms with E-state index in [9.17, 15) is 4.79 Å². The molecule has 1 N–H and O–H groups in total. The van der Waals surface area contributed by atoms with E-state index in [2.05, 4.69) is 26.3 Å². The molecule has 0 saturated carbocycles. The van der Waals surface area contributed by atoms with Gasteiger partial charge in [-0.3, -0.25) is 4.79 Å². The van der Waals surface area contributed by atoms with Gasteiger partial charge in [-0.05, 0) is 21.5 Å². The second-order valence-corrected chi connectivity index (χ2v) is 5.03. The SMILES string of the molecule is COCCn1ncc(NCc2ccccc2)c(Br)c1=O. The predicted molar refractivity (Wildman–Crippen MR) is 81.8 cm³/mol. The van der Waals surface area contributed by atoms with Crippen molar-refractivity contribution in [2.45, 2.75) is 13.1 Å². The highest BCUT2D eigenvalue weighted by Crippen LogP contribution is 2.17. The highest BCUT2D eigenvalue weighted by Gasteiger charge is 2.08. The Morgan fingerprint density at radius 2 is 2.10 bits per heavy atom. The number of nitrogens with one attached hydrogen (secondary N) is 1. The molecule has 0 radical (unpaired) electrons. The molecule has 1 heterocycles. The fraction of sp³-hybridized carbons (Fsp3) is 0.286. The lowest BCUT2D eigenvalue weighted by molar-refractivity contribution is 0.181. The maximum absolute atomic E-state index is 12.1. The molecule has 1 aromatic heterocycles. The van der Waals surface area contributed by atoms with Gasteiger partial charge in [0.2, 0.25) is 0 Å². The lowest BCUT2D eigenvalue weighted by Crippen LogP contribution is -2.26. The van der Waals surface area contributed by atoms with Crippen molar-refractivity contribution in [3.63, 3.8) is 0 Å². The average Bonchev–Trinajstić information content (AvgIpc) is 2.49. The number of hydrogen-bond acceptors (Lipinski definition) is 4. The average molecular weight is 338 g/mol. The van der Waals surface area contributed by atoms with Crippen molar-refractivity contribution in [1.29, 1.82) is 0 Å². The molecule has 2 rings (SSSR count). The van der Waals surface area contributed by atoms with E-state index in [0.29, 0.717) is 29.9 Å². The molecule has 1 aromatic carbocycles. The van der Waals surface area contributed by atoms with E-state index in [0.717, 1.165) is 5.56 Å². The number of methoxy groups -OCH3 is 1. The number of ether oxygens (including phenoxy) is 1. The van der Waals surface area contributed by atoms with Crippen LogP contribution in [0.3, 0.4) is 0 Å². The van der Waals surface area contributed by atoms with Crippen LogP contribution in [0.25, 0.3) is 0 Å². The van der Waals surface area contributed by atoms with E-state index in [4.69, 9.17) is 4.74 Å². The van der Waals surface area contributed by atoms with Gasteiger partial charge in [0.25, 0.3) is 5.56 Å². The standard InChI is InChI=1S/C14H16BrN3O2/c1-20-8-7-18-14(19)13(15)12(10-17-18)16-9-11-5-3-2-4-6-11/h2-6,10,16H,7-9H2,1H3. The first kappa shape index (κ1) is 14.7. The van der Waals surface area contributed by atoms with Crippen molar-refractivity contribution >= 4 is 21.6 Å². The third kappa shape index (κ3) is 3.68. The summed E-state index contributed by atoms with van der Waals surface area (Å²) >= 11 is 3.32. The maximum atomic E-state index is 12.1. The lowest BCUT2D eigenvalue weighted by atomic mass is 10.2. The molecule has 20 heavy (non-hydrogen) atoms. The van der Waals surface area contributed by atoms with Gasteiger partial charge in [-0.2, -0.15) is 5.10 Å². The molecule has 0 unspecified atom stereocenters. The summed E-state index contributed by atoms with van der Waals surface area (Å²) in [5.74, 6) is 0. The van der Waals surface area contributed by atoms with Crippen LogP contribution in [0.1, 0.15) is 5.56 Å². The number of halogens is 1. The zero-order valence-corrected chi connectivity index (χ0v) is 12.8. The van der Waals surface area contributed by atoms with Crippen LogP contribution in [0, 0.1) is 0 Å². The summed E-state index contributed by atoms with van der Waals surface area (Å²) in [6, 6.07) is 9.97. The third-order valence-electron chi connectivity index (χ3n) is 2.82. The minimum Gasteiger partial charge on any atom is -0.383 e. The first-order chi connectivity index (χ1) is 9.72. The largest absolute Gasteiger partial charge is 0.383 e. The Labute approximate surface area is 125 Å². The summed E-state index contributed by atoms with van der Waals surface area (Å²) in [6.07, 6.45) is 1.64. The fourth-order valence-electron chi connectivity index (χ4n) is 1.72. The Morgan fingerprint density at radius 3 is 2.80 bits per heavy atom. The van der Waals surface area contributed by atoms with Crippen molar-refractivity contribution in [1.82, 2.24) is 9.78 Å². The number of benzene rings is 1. The van der Waals surface area contributed by atoms with E-state index in [1.807, 2.05) is 30.3 Å². The van der Waals surface area contributed by atoms with Gasteiger partial charge < -0.3 is 10.1 Å². The monoisotopic (exact) mass is 337 g/mol. The normalized spacial score (nSPS) is 10.5. The highest BCUT2D eigenvalue weighted by atomic mass is 79.9. The first-order valence-corrected chi connectivity index (χ1v) is 7.04. The Bertz CT molecular complexity index is 614. The third-order valence-corrected chi connectivity index (χ3v) is 3.58. The zero-order valence-electron chi connectivity index (χ0n) is 11.2. The van der Waals surface area contributed by atoms with Gasteiger partial charge in [-0.15, -0.1) is 0 Å². The zero-order chi connectivity index (χ0) is 14.4. The molecular formula is C14H16BrN3O2. The molecule has 0 spiro atoms. The van der Waals surface area contributed by atoms with Gasteiger partial charge in [0.15, 0.2) is 0 Å². The van der Waals surface area contributed by atoms with Crippen LogP contribution in [-0.2, 0) is 17.8 Å². The van der Waals surface area contributed by atoms with E-state index >= 15 is 0 Å². The smallest absolute Gasteiger partial charge is 0.283 e. The second-order valence-electron chi connectivity index (χ2n) is 4.23. The van der Waals surface area contributed by atoms with E-state index < -0.39 is 0 Å². The van der Waals surface area contributed by atoms with E-state index in [1.165, 1.54) is 4.68 Å². The molecular weight excluding hydrogens is 322 g/mol. The topological polar surface area (TPSA) is 56.1 Å². The highest BCUT2D eigenvalue weighted by molar-refractivity contribution is 9.10. The quantitative estimate of drug-likeness (QED) is 0.878. The summed E-state index contributed by atoms with van der Waals surface area (Å²) in [7, 11) is 1.59. The van der Waals surface area contributed by atoms with Crippen molar-refractivity contribution in [2.75, 3.05) is 19.0 Å². The van der Waals surface area contributed by atoms with Gasteiger partial charge in [0, 0.05) is 13.7 Å². The Morgan fingerprint density at radius 1 is 1.35 bits per heavy atom. The molecule has 0 fully saturated rings. The van der Waals surface area contributed by atoms with Crippen molar-refractivity contribution < 1.29 is 4.74 Å². The summed E-state index contributed by atoms with van der Waals surface area (Å²) in [4.78, 5) is 12.1. The predicted octanol–water partition coefficient (Wildman–Crippen LogP) is 2.26. The van der Waals surface area contributed by atoms with Gasteiger partial charge in [-0.25, -0.2) is 4.68 Å². The van der Waals surface area contributed by atoms with E-state index in [1.54, 1.807) is 13.3 Å². The van der Waals surface area contributed by atoms with Crippen molar-refractivity contribution in [2.24, 2.45) is 0 Å². The second kappa shape index (κ2) is 7.21. The summed E-state index contributed by atoms with van der Waals surface area (Å²) in [5.41, 5.74) is 1.66. The number of rotatable bonds is 6. The molecule has 0 aliphatic carbocycles. The Kier molecular flexibility index (Phi) is 5.31. The minimum absolute atomic E-state index is 0.167. The van der Waals surface area contributed by atoms with Crippen molar-refractivity contribution in [3.8, 4) is 0 Å². The van der Waals surface area contributed by atoms with Gasteiger partial charge in [0.1, 0.15) is 4.47 Å². The molecule has 106 valence electrons. The number of nitrogens with zero attached hydrogens (tertiary/aromatic N) is 2. The van der Waals surface area contributed by atoms with Crippen LogP contribution in [0.2, 0.25) is 0 Å². The van der Waals surface area contributed by atoms with E-state index in [-0.39, 0.29) is 5.56 Å². The molecule has 0 atom stereocenters. The molecule has 0 amide bonds. The number of anilines is 1. The Balaban J connectivity index is 2.09. The maximum Gasteiger partial charge on any atom is 0.283 e. The molecule has 6 heteroatoms. The molecule has 5 nitrogen and oxygen atoms in total. The summed E-state index contributed by atoms with van der Waals surface area (Å²) < 4.78 is 6.81. The molecule has 0 aliphatic rings. The first-order valence-electron chi connectivity index (χ1n) is 6.24. The minimum atomic E-state index is -0.167.